The molecule has 3 heteroatoms. The number of thioether (sulfide) groups is 1. The number of ether oxygens (including phenoxy) is 2. The molecule has 2 saturated heterocycles. The van der Waals surface area contributed by atoms with Gasteiger partial charge in [0.2, 0.25) is 0 Å². The third-order valence-corrected chi connectivity index (χ3v) is 11.2. The lowest BCUT2D eigenvalue weighted by Gasteiger charge is -2.37. The summed E-state index contributed by atoms with van der Waals surface area (Å²) < 4.78 is 12.1. The second-order valence-corrected chi connectivity index (χ2v) is 13.3. The van der Waals surface area contributed by atoms with Crippen molar-refractivity contribution in [2.45, 2.75) is 164 Å². The summed E-state index contributed by atoms with van der Waals surface area (Å²) in [5.74, 6) is 1.98. The van der Waals surface area contributed by atoms with Gasteiger partial charge < -0.3 is 9.47 Å². The molecule has 0 bridgehead atoms. The third-order valence-electron chi connectivity index (χ3n) is 9.28. The maximum Gasteiger partial charge on any atom is 0.0575 e. The molecular weight excluding hydrogens is 424 g/mol. The molecule has 33 heavy (non-hydrogen) atoms. The second-order valence-electron chi connectivity index (χ2n) is 11.8. The van der Waals surface area contributed by atoms with E-state index in [1.807, 2.05) is 0 Å². The van der Waals surface area contributed by atoms with Crippen LogP contribution in [0.25, 0.3) is 0 Å². The van der Waals surface area contributed by atoms with Crippen LogP contribution in [0.5, 0.6) is 0 Å². The van der Waals surface area contributed by atoms with Crippen molar-refractivity contribution in [2.75, 3.05) is 13.2 Å². The largest absolute Gasteiger partial charge is 0.378 e. The standard InChI is InChI=1S/C30H54O2S/c1-3-13-25(14-4-1)29(21-11-19-27-17-7-9-23-31-27)33-30(26-15-5-2-6-16-26)22-12-20-28-18-8-10-24-32-28/h25-30H,1-24H2. The lowest BCUT2D eigenvalue weighted by atomic mass is 9.84. The van der Waals surface area contributed by atoms with Gasteiger partial charge in [-0.15, -0.1) is 0 Å². The van der Waals surface area contributed by atoms with Crippen LogP contribution in [-0.2, 0) is 9.47 Å². The van der Waals surface area contributed by atoms with Gasteiger partial charge in [-0.2, -0.15) is 11.8 Å². The molecule has 0 radical (unpaired) electrons. The molecule has 4 unspecified atom stereocenters. The molecule has 0 aromatic heterocycles. The van der Waals surface area contributed by atoms with Crippen molar-refractivity contribution >= 4 is 11.8 Å². The van der Waals surface area contributed by atoms with E-state index in [0.29, 0.717) is 12.2 Å². The lowest BCUT2D eigenvalue weighted by molar-refractivity contribution is 0.00964. The van der Waals surface area contributed by atoms with Gasteiger partial charge in [0.15, 0.2) is 0 Å². The normalized spacial score (nSPS) is 30.2. The fraction of sp³-hybridized carbons (Fsp3) is 1.00. The Kier molecular flexibility index (Phi) is 12.3. The van der Waals surface area contributed by atoms with Crippen molar-refractivity contribution in [1.82, 2.24) is 0 Å². The fourth-order valence-corrected chi connectivity index (χ4v) is 9.27. The Morgan fingerprint density at radius 1 is 0.515 bits per heavy atom. The monoisotopic (exact) mass is 478 g/mol. The van der Waals surface area contributed by atoms with Gasteiger partial charge in [0.1, 0.15) is 0 Å². The van der Waals surface area contributed by atoms with Crippen LogP contribution in [0.3, 0.4) is 0 Å². The van der Waals surface area contributed by atoms with Gasteiger partial charge in [0.25, 0.3) is 0 Å². The fourth-order valence-electron chi connectivity index (χ4n) is 7.23. The molecule has 4 fully saturated rings. The Balaban J connectivity index is 1.31. The SMILES string of the molecule is C1CCC(C(CCCC2CCCCO2)SC(CCCC2CCCCO2)C2CCCCC2)CC1. The zero-order valence-corrected chi connectivity index (χ0v) is 22.5. The zero-order chi connectivity index (χ0) is 22.6. The maximum absolute atomic E-state index is 6.07. The van der Waals surface area contributed by atoms with E-state index >= 15 is 0 Å². The van der Waals surface area contributed by atoms with Crippen LogP contribution in [0.1, 0.15) is 141 Å². The minimum Gasteiger partial charge on any atom is -0.378 e. The first kappa shape index (κ1) is 26.3. The highest BCUT2D eigenvalue weighted by atomic mass is 32.2. The summed E-state index contributed by atoms with van der Waals surface area (Å²) in [4.78, 5) is 0. The molecule has 2 heterocycles. The molecule has 192 valence electrons. The average Bonchev–Trinajstić information content (AvgIpc) is 2.89. The summed E-state index contributed by atoms with van der Waals surface area (Å²) in [6.07, 6.45) is 32.4. The minimum atomic E-state index is 0.570. The molecule has 4 atom stereocenters. The molecule has 0 amide bonds. The molecule has 0 aromatic carbocycles. The maximum atomic E-state index is 6.07. The smallest absolute Gasteiger partial charge is 0.0575 e. The second kappa shape index (κ2) is 15.4. The van der Waals surface area contributed by atoms with E-state index in [1.165, 1.54) is 141 Å². The Morgan fingerprint density at radius 3 is 1.33 bits per heavy atom. The van der Waals surface area contributed by atoms with Crippen LogP contribution in [0.2, 0.25) is 0 Å². The molecule has 4 aliphatic rings. The van der Waals surface area contributed by atoms with Crippen LogP contribution in [-0.4, -0.2) is 35.9 Å². The van der Waals surface area contributed by atoms with E-state index in [0.717, 1.165) is 35.5 Å². The van der Waals surface area contributed by atoms with Crippen LogP contribution in [0.4, 0.5) is 0 Å². The van der Waals surface area contributed by atoms with Gasteiger partial charge in [-0.05, 0) is 115 Å². The summed E-state index contributed by atoms with van der Waals surface area (Å²) in [6.45, 7) is 2.03. The van der Waals surface area contributed by atoms with Crippen molar-refractivity contribution in [1.29, 1.82) is 0 Å². The molecule has 2 nitrogen and oxygen atoms in total. The van der Waals surface area contributed by atoms with E-state index in [1.54, 1.807) is 0 Å². The molecule has 4 rings (SSSR count). The van der Waals surface area contributed by atoms with E-state index in [2.05, 4.69) is 11.8 Å². The summed E-state index contributed by atoms with van der Waals surface area (Å²) in [7, 11) is 0. The topological polar surface area (TPSA) is 18.5 Å². The van der Waals surface area contributed by atoms with Crippen LogP contribution >= 0.6 is 11.8 Å². The van der Waals surface area contributed by atoms with E-state index in [4.69, 9.17) is 9.47 Å². The van der Waals surface area contributed by atoms with Gasteiger partial charge in [-0.1, -0.05) is 38.5 Å². The van der Waals surface area contributed by atoms with Crippen LogP contribution in [0.15, 0.2) is 0 Å². The zero-order valence-electron chi connectivity index (χ0n) is 21.7. The number of hydrogen-bond donors (Lipinski definition) is 0. The quantitative estimate of drug-likeness (QED) is 0.278. The van der Waals surface area contributed by atoms with Gasteiger partial charge in [-0.25, -0.2) is 0 Å². The average molecular weight is 479 g/mol. The Bertz CT molecular complexity index is 444. The first-order valence-corrected chi connectivity index (χ1v) is 16.2. The van der Waals surface area contributed by atoms with Gasteiger partial charge in [0, 0.05) is 23.7 Å². The lowest BCUT2D eigenvalue weighted by Crippen LogP contribution is -2.28. The van der Waals surface area contributed by atoms with E-state index in [-0.39, 0.29) is 0 Å². The Morgan fingerprint density at radius 2 is 0.939 bits per heavy atom. The summed E-state index contributed by atoms with van der Waals surface area (Å²) in [5, 5.41) is 1.82. The highest BCUT2D eigenvalue weighted by Gasteiger charge is 2.31. The summed E-state index contributed by atoms with van der Waals surface area (Å²) >= 11 is 2.49. The van der Waals surface area contributed by atoms with E-state index in [9.17, 15) is 0 Å². The highest BCUT2D eigenvalue weighted by Crippen LogP contribution is 2.43. The minimum absolute atomic E-state index is 0.570. The van der Waals surface area contributed by atoms with Gasteiger partial charge in [0.05, 0.1) is 12.2 Å². The molecule has 2 aliphatic heterocycles. The first-order chi connectivity index (χ1) is 16.4. The number of rotatable bonds is 12. The predicted molar refractivity (Wildman–Crippen MR) is 143 cm³/mol. The summed E-state index contributed by atoms with van der Waals surface area (Å²) in [5.41, 5.74) is 0. The molecule has 2 aliphatic carbocycles. The van der Waals surface area contributed by atoms with E-state index < -0.39 is 0 Å². The molecule has 0 spiro atoms. The van der Waals surface area contributed by atoms with Gasteiger partial charge >= 0.3 is 0 Å². The third kappa shape index (κ3) is 9.34. The molecule has 2 saturated carbocycles. The highest BCUT2D eigenvalue weighted by molar-refractivity contribution is 8.00. The van der Waals surface area contributed by atoms with Crippen LogP contribution < -0.4 is 0 Å². The Hall–Kier alpha value is 0.270. The number of hydrogen-bond acceptors (Lipinski definition) is 3. The van der Waals surface area contributed by atoms with Gasteiger partial charge in [-0.3, -0.25) is 0 Å². The van der Waals surface area contributed by atoms with Crippen molar-refractivity contribution in [2.24, 2.45) is 11.8 Å². The van der Waals surface area contributed by atoms with Crippen molar-refractivity contribution in [3.05, 3.63) is 0 Å². The Labute approximate surface area is 210 Å². The van der Waals surface area contributed by atoms with Crippen molar-refractivity contribution in [3.8, 4) is 0 Å². The van der Waals surface area contributed by atoms with Crippen LogP contribution in [0, 0.1) is 11.8 Å². The molecule has 0 N–H and O–H groups in total. The predicted octanol–water partition coefficient (Wildman–Crippen LogP) is 9.10. The summed E-state index contributed by atoms with van der Waals surface area (Å²) in [6, 6.07) is 0. The van der Waals surface area contributed by atoms with Crippen molar-refractivity contribution in [3.63, 3.8) is 0 Å². The first-order valence-electron chi connectivity index (χ1n) is 15.3. The molecule has 0 aromatic rings. The van der Waals surface area contributed by atoms with Crippen molar-refractivity contribution < 1.29 is 9.47 Å². The molecular formula is C30H54O2S.